The average molecular weight is 182 g/mol. The molecular weight excluding hydrogens is 164 g/mol. The second-order valence-corrected chi connectivity index (χ2v) is 3.36. The largest absolute Gasteiger partial charge is 0.493 e. The van der Waals surface area contributed by atoms with Gasteiger partial charge in [-0.1, -0.05) is 20.3 Å². The second kappa shape index (κ2) is 4.30. The van der Waals surface area contributed by atoms with E-state index in [1.165, 1.54) is 0 Å². The van der Waals surface area contributed by atoms with E-state index in [0.29, 0.717) is 5.88 Å². The highest BCUT2D eigenvalue weighted by Crippen LogP contribution is 2.22. The first kappa shape index (κ1) is 10.1. The molecule has 1 heterocycles. The summed E-state index contributed by atoms with van der Waals surface area (Å²) in [6, 6.07) is 0. The Hall–Kier alpha value is -0.990. The molecule has 0 amide bonds. The van der Waals surface area contributed by atoms with Gasteiger partial charge in [-0.3, -0.25) is 0 Å². The highest BCUT2D eigenvalue weighted by molar-refractivity contribution is 5.29. The molecule has 0 radical (unpaired) electrons. The number of aromatic nitrogens is 2. The molecule has 1 rings (SSSR count). The van der Waals surface area contributed by atoms with Gasteiger partial charge in [0.15, 0.2) is 0 Å². The quantitative estimate of drug-likeness (QED) is 0.775. The number of hydrogen-bond donors (Lipinski definition) is 1. The molecule has 0 aliphatic rings. The van der Waals surface area contributed by atoms with Gasteiger partial charge in [-0.15, -0.1) is 0 Å². The molecule has 0 spiro atoms. The Labute approximate surface area is 79.4 Å². The minimum absolute atomic E-state index is 0.362. The molecule has 0 saturated heterocycles. The van der Waals surface area contributed by atoms with Crippen molar-refractivity contribution < 1.29 is 5.11 Å². The summed E-state index contributed by atoms with van der Waals surface area (Å²) < 4.78 is 1.69. The van der Waals surface area contributed by atoms with Gasteiger partial charge in [0.2, 0.25) is 5.88 Å². The van der Waals surface area contributed by atoms with Gasteiger partial charge >= 0.3 is 0 Å². The second-order valence-electron chi connectivity index (χ2n) is 3.36. The fourth-order valence-corrected chi connectivity index (χ4v) is 1.52. The Balaban J connectivity index is 2.92. The highest BCUT2D eigenvalue weighted by atomic mass is 16.3. The van der Waals surface area contributed by atoms with E-state index in [2.05, 4.69) is 18.9 Å². The molecule has 0 unspecified atom stereocenters. The van der Waals surface area contributed by atoms with Crippen molar-refractivity contribution in [3.8, 4) is 5.88 Å². The summed E-state index contributed by atoms with van der Waals surface area (Å²) >= 11 is 0. The lowest BCUT2D eigenvalue weighted by molar-refractivity contribution is 0.392. The van der Waals surface area contributed by atoms with Gasteiger partial charge in [-0.25, -0.2) is 4.68 Å². The van der Waals surface area contributed by atoms with Gasteiger partial charge in [-0.05, 0) is 19.8 Å². The van der Waals surface area contributed by atoms with Crippen LogP contribution in [-0.2, 0) is 13.0 Å². The molecular formula is C10H18N2O. The van der Waals surface area contributed by atoms with Crippen molar-refractivity contribution in [2.24, 2.45) is 0 Å². The zero-order valence-electron chi connectivity index (χ0n) is 8.67. The molecule has 3 heteroatoms. The first-order valence-electron chi connectivity index (χ1n) is 4.95. The SMILES string of the molecule is CCCc1c(C)nn(CCC)c1O. The van der Waals surface area contributed by atoms with Crippen molar-refractivity contribution >= 4 is 0 Å². The lowest BCUT2D eigenvalue weighted by Gasteiger charge is -2.00. The van der Waals surface area contributed by atoms with Crippen LogP contribution in [0.25, 0.3) is 0 Å². The third kappa shape index (κ3) is 2.02. The Bertz CT molecular complexity index is 279. The first-order chi connectivity index (χ1) is 6.20. The van der Waals surface area contributed by atoms with Gasteiger partial charge in [-0.2, -0.15) is 5.10 Å². The fraction of sp³-hybridized carbons (Fsp3) is 0.700. The van der Waals surface area contributed by atoms with Crippen LogP contribution in [0.5, 0.6) is 5.88 Å². The Morgan fingerprint density at radius 2 is 2.00 bits per heavy atom. The molecule has 0 aliphatic heterocycles. The van der Waals surface area contributed by atoms with E-state index >= 15 is 0 Å². The Morgan fingerprint density at radius 3 is 2.54 bits per heavy atom. The maximum absolute atomic E-state index is 9.77. The maximum Gasteiger partial charge on any atom is 0.212 e. The topological polar surface area (TPSA) is 38.0 Å². The van der Waals surface area contributed by atoms with E-state index < -0.39 is 0 Å². The van der Waals surface area contributed by atoms with Gasteiger partial charge in [0.25, 0.3) is 0 Å². The van der Waals surface area contributed by atoms with E-state index in [4.69, 9.17) is 0 Å². The monoisotopic (exact) mass is 182 g/mol. The van der Waals surface area contributed by atoms with Crippen molar-refractivity contribution in [3.05, 3.63) is 11.3 Å². The molecule has 1 aromatic rings. The van der Waals surface area contributed by atoms with Crippen LogP contribution in [0.3, 0.4) is 0 Å². The average Bonchev–Trinajstić information content (AvgIpc) is 2.34. The van der Waals surface area contributed by atoms with Crippen LogP contribution in [0.4, 0.5) is 0 Å². The summed E-state index contributed by atoms with van der Waals surface area (Å²) in [6.45, 7) is 6.94. The molecule has 0 bridgehead atoms. The molecule has 1 aromatic heterocycles. The predicted octanol–water partition coefficient (Wildman–Crippen LogP) is 2.26. The predicted molar refractivity (Wildman–Crippen MR) is 52.9 cm³/mol. The summed E-state index contributed by atoms with van der Waals surface area (Å²) in [7, 11) is 0. The van der Waals surface area contributed by atoms with Gasteiger partial charge in [0.05, 0.1) is 5.69 Å². The zero-order chi connectivity index (χ0) is 9.84. The van der Waals surface area contributed by atoms with E-state index in [-0.39, 0.29) is 0 Å². The third-order valence-corrected chi connectivity index (χ3v) is 2.16. The Morgan fingerprint density at radius 1 is 1.31 bits per heavy atom. The van der Waals surface area contributed by atoms with Crippen LogP contribution < -0.4 is 0 Å². The van der Waals surface area contributed by atoms with Crippen LogP contribution >= 0.6 is 0 Å². The molecule has 0 fully saturated rings. The summed E-state index contributed by atoms with van der Waals surface area (Å²) in [5.74, 6) is 0.362. The van der Waals surface area contributed by atoms with Crippen LogP contribution in [0.2, 0.25) is 0 Å². The van der Waals surface area contributed by atoms with Crippen LogP contribution in [0.1, 0.15) is 37.9 Å². The number of rotatable bonds is 4. The molecule has 1 N–H and O–H groups in total. The van der Waals surface area contributed by atoms with Crippen molar-refractivity contribution in [2.75, 3.05) is 0 Å². The lowest BCUT2D eigenvalue weighted by Crippen LogP contribution is -1.98. The lowest BCUT2D eigenvalue weighted by atomic mass is 10.1. The van der Waals surface area contributed by atoms with Gasteiger partial charge < -0.3 is 5.11 Å². The Kier molecular flexibility index (Phi) is 3.34. The number of hydrogen-bond acceptors (Lipinski definition) is 2. The normalized spacial score (nSPS) is 10.7. The van der Waals surface area contributed by atoms with E-state index in [0.717, 1.165) is 37.1 Å². The zero-order valence-corrected chi connectivity index (χ0v) is 8.67. The molecule has 3 nitrogen and oxygen atoms in total. The van der Waals surface area contributed by atoms with Gasteiger partial charge in [0, 0.05) is 12.1 Å². The summed E-state index contributed by atoms with van der Waals surface area (Å²) in [5, 5.41) is 14.1. The summed E-state index contributed by atoms with van der Waals surface area (Å²) in [4.78, 5) is 0. The van der Waals surface area contributed by atoms with Crippen molar-refractivity contribution in [1.82, 2.24) is 9.78 Å². The number of aryl methyl sites for hydroxylation is 2. The molecule has 0 atom stereocenters. The molecule has 74 valence electrons. The summed E-state index contributed by atoms with van der Waals surface area (Å²) in [6.07, 6.45) is 2.97. The molecule has 0 aromatic carbocycles. The minimum atomic E-state index is 0.362. The van der Waals surface area contributed by atoms with Crippen LogP contribution in [0, 0.1) is 6.92 Å². The fourth-order valence-electron chi connectivity index (χ4n) is 1.52. The van der Waals surface area contributed by atoms with Crippen molar-refractivity contribution in [3.63, 3.8) is 0 Å². The minimum Gasteiger partial charge on any atom is -0.493 e. The first-order valence-corrected chi connectivity index (χ1v) is 4.95. The molecule has 13 heavy (non-hydrogen) atoms. The van der Waals surface area contributed by atoms with E-state index in [1.54, 1.807) is 4.68 Å². The number of nitrogens with zero attached hydrogens (tertiary/aromatic N) is 2. The van der Waals surface area contributed by atoms with E-state index in [1.807, 2.05) is 6.92 Å². The van der Waals surface area contributed by atoms with Gasteiger partial charge in [0.1, 0.15) is 0 Å². The third-order valence-electron chi connectivity index (χ3n) is 2.16. The van der Waals surface area contributed by atoms with Crippen LogP contribution in [-0.4, -0.2) is 14.9 Å². The van der Waals surface area contributed by atoms with Crippen molar-refractivity contribution in [2.45, 2.75) is 46.6 Å². The van der Waals surface area contributed by atoms with Crippen molar-refractivity contribution in [1.29, 1.82) is 0 Å². The summed E-state index contributed by atoms with van der Waals surface area (Å²) in [5.41, 5.74) is 1.98. The molecule has 0 saturated carbocycles. The van der Waals surface area contributed by atoms with Crippen LogP contribution in [0.15, 0.2) is 0 Å². The maximum atomic E-state index is 9.77. The molecule has 0 aliphatic carbocycles. The van der Waals surface area contributed by atoms with E-state index in [9.17, 15) is 5.11 Å². The smallest absolute Gasteiger partial charge is 0.212 e. The standard InChI is InChI=1S/C10H18N2O/c1-4-6-9-8(3)11-12(7-5-2)10(9)13/h13H,4-7H2,1-3H3. The highest BCUT2D eigenvalue weighted by Gasteiger charge is 2.11. The number of aromatic hydroxyl groups is 1.